The van der Waals surface area contributed by atoms with Gasteiger partial charge in [0, 0.05) is 6.20 Å². The van der Waals surface area contributed by atoms with Gasteiger partial charge in [0.05, 0.1) is 5.69 Å². The highest BCUT2D eigenvalue weighted by Gasteiger charge is 2.14. The second kappa shape index (κ2) is 4.93. The largest absolute Gasteiger partial charge is 0.256 e. The third-order valence-corrected chi connectivity index (χ3v) is 2.44. The van der Waals surface area contributed by atoms with Crippen molar-refractivity contribution in [1.29, 1.82) is 0 Å². The molecular formula is C15H19N. The van der Waals surface area contributed by atoms with E-state index in [1.165, 1.54) is 5.56 Å². The van der Waals surface area contributed by atoms with Gasteiger partial charge in [0.1, 0.15) is 0 Å². The molecule has 0 spiro atoms. The SMILES string of the molecule is C=C/C=C(\C=C)c1cc(C(C)(C)C)ccn1. The van der Waals surface area contributed by atoms with Gasteiger partial charge in [-0.2, -0.15) is 0 Å². The monoisotopic (exact) mass is 213 g/mol. The molecular weight excluding hydrogens is 194 g/mol. The average molecular weight is 213 g/mol. The van der Waals surface area contributed by atoms with Crippen LogP contribution in [0.4, 0.5) is 0 Å². The molecule has 0 bridgehead atoms. The second-order valence-electron chi connectivity index (χ2n) is 4.74. The normalized spacial score (nSPS) is 12.3. The first-order valence-electron chi connectivity index (χ1n) is 5.41. The number of pyridine rings is 1. The lowest BCUT2D eigenvalue weighted by molar-refractivity contribution is 0.589. The standard InChI is InChI=1S/C15H19N/c1-6-8-12(7-2)14-11-13(9-10-16-14)15(3,4)5/h6-11H,1-2H2,3-5H3/b12-8+. The summed E-state index contributed by atoms with van der Waals surface area (Å²) < 4.78 is 0. The van der Waals surface area contributed by atoms with Crippen molar-refractivity contribution >= 4 is 5.57 Å². The molecule has 0 N–H and O–H groups in total. The van der Waals surface area contributed by atoms with Gasteiger partial charge >= 0.3 is 0 Å². The minimum absolute atomic E-state index is 0.137. The van der Waals surface area contributed by atoms with E-state index in [9.17, 15) is 0 Å². The zero-order chi connectivity index (χ0) is 12.2. The summed E-state index contributed by atoms with van der Waals surface area (Å²) >= 11 is 0. The lowest BCUT2D eigenvalue weighted by Crippen LogP contribution is -2.11. The van der Waals surface area contributed by atoms with Gasteiger partial charge in [-0.25, -0.2) is 0 Å². The maximum atomic E-state index is 4.36. The number of hydrogen-bond donors (Lipinski definition) is 0. The molecule has 0 aromatic carbocycles. The highest BCUT2D eigenvalue weighted by Crippen LogP contribution is 2.24. The number of hydrogen-bond acceptors (Lipinski definition) is 1. The zero-order valence-electron chi connectivity index (χ0n) is 10.3. The molecule has 16 heavy (non-hydrogen) atoms. The Bertz CT molecular complexity index is 419. The quantitative estimate of drug-likeness (QED) is 0.688. The van der Waals surface area contributed by atoms with E-state index in [-0.39, 0.29) is 5.41 Å². The van der Waals surface area contributed by atoms with Crippen LogP contribution in [0.1, 0.15) is 32.0 Å². The van der Waals surface area contributed by atoms with E-state index in [0.717, 1.165) is 11.3 Å². The molecule has 1 nitrogen and oxygen atoms in total. The summed E-state index contributed by atoms with van der Waals surface area (Å²) in [7, 11) is 0. The van der Waals surface area contributed by atoms with Crippen LogP contribution in [0, 0.1) is 0 Å². The fourth-order valence-corrected chi connectivity index (χ4v) is 1.44. The summed E-state index contributed by atoms with van der Waals surface area (Å²) in [6.07, 6.45) is 7.32. The summed E-state index contributed by atoms with van der Waals surface area (Å²) in [5.74, 6) is 0. The van der Waals surface area contributed by atoms with Crippen LogP contribution in [0.5, 0.6) is 0 Å². The van der Waals surface area contributed by atoms with Crippen LogP contribution in [-0.4, -0.2) is 4.98 Å². The molecule has 1 heteroatoms. The summed E-state index contributed by atoms with van der Waals surface area (Å²) in [5, 5.41) is 0. The van der Waals surface area contributed by atoms with Crippen LogP contribution in [0.2, 0.25) is 0 Å². The van der Waals surface area contributed by atoms with Crippen molar-refractivity contribution < 1.29 is 0 Å². The van der Waals surface area contributed by atoms with Crippen LogP contribution in [0.25, 0.3) is 5.57 Å². The molecule has 1 aromatic rings. The third-order valence-electron chi connectivity index (χ3n) is 2.44. The van der Waals surface area contributed by atoms with E-state index in [4.69, 9.17) is 0 Å². The Labute approximate surface area is 98.2 Å². The van der Waals surface area contributed by atoms with Gasteiger partial charge in [-0.1, -0.05) is 52.2 Å². The fourth-order valence-electron chi connectivity index (χ4n) is 1.44. The molecule has 0 fully saturated rings. The smallest absolute Gasteiger partial charge is 0.0704 e. The molecule has 0 saturated carbocycles. The highest BCUT2D eigenvalue weighted by atomic mass is 14.7. The van der Waals surface area contributed by atoms with Gasteiger partial charge in [0.25, 0.3) is 0 Å². The lowest BCUT2D eigenvalue weighted by atomic mass is 9.87. The Morgan fingerprint density at radius 2 is 2.00 bits per heavy atom. The first-order chi connectivity index (χ1) is 7.49. The molecule has 0 saturated heterocycles. The molecule has 1 aromatic heterocycles. The first kappa shape index (κ1) is 12.4. The van der Waals surface area contributed by atoms with E-state index in [1.54, 1.807) is 12.2 Å². The maximum Gasteiger partial charge on any atom is 0.0704 e. The molecule has 0 unspecified atom stereocenters. The van der Waals surface area contributed by atoms with E-state index in [1.807, 2.05) is 12.3 Å². The Hall–Kier alpha value is -1.63. The molecule has 0 aliphatic rings. The second-order valence-corrected chi connectivity index (χ2v) is 4.74. The Balaban J connectivity index is 3.22. The van der Waals surface area contributed by atoms with Crippen LogP contribution in [0.3, 0.4) is 0 Å². The predicted molar refractivity (Wildman–Crippen MR) is 71.3 cm³/mol. The number of allylic oxidation sites excluding steroid dienone is 4. The number of aromatic nitrogens is 1. The first-order valence-corrected chi connectivity index (χ1v) is 5.41. The highest BCUT2D eigenvalue weighted by molar-refractivity contribution is 5.72. The van der Waals surface area contributed by atoms with Crippen LogP contribution < -0.4 is 0 Å². The lowest BCUT2D eigenvalue weighted by Gasteiger charge is -2.19. The van der Waals surface area contributed by atoms with Crippen molar-refractivity contribution in [3.63, 3.8) is 0 Å². The molecule has 0 amide bonds. The topological polar surface area (TPSA) is 12.9 Å². The van der Waals surface area contributed by atoms with Crippen LogP contribution in [-0.2, 0) is 5.41 Å². The Morgan fingerprint density at radius 3 is 2.50 bits per heavy atom. The number of nitrogens with zero attached hydrogens (tertiary/aromatic N) is 1. The van der Waals surface area contributed by atoms with Crippen molar-refractivity contribution in [1.82, 2.24) is 4.98 Å². The molecule has 0 aliphatic heterocycles. The minimum atomic E-state index is 0.137. The predicted octanol–water partition coefficient (Wildman–Crippen LogP) is 4.13. The summed E-state index contributed by atoms with van der Waals surface area (Å²) in [6.45, 7) is 14.1. The molecule has 1 rings (SSSR count). The molecule has 0 radical (unpaired) electrons. The summed E-state index contributed by atoms with van der Waals surface area (Å²) in [5.41, 5.74) is 3.36. The van der Waals surface area contributed by atoms with Crippen molar-refractivity contribution in [3.05, 3.63) is 61.0 Å². The van der Waals surface area contributed by atoms with Gasteiger partial charge in [-0.05, 0) is 28.7 Å². The van der Waals surface area contributed by atoms with E-state index in [0.29, 0.717) is 0 Å². The molecule has 1 heterocycles. The molecule has 0 aliphatic carbocycles. The van der Waals surface area contributed by atoms with Gasteiger partial charge in [-0.15, -0.1) is 0 Å². The molecule has 84 valence electrons. The van der Waals surface area contributed by atoms with Crippen molar-refractivity contribution in [3.8, 4) is 0 Å². The van der Waals surface area contributed by atoms with E-state index >= 15 is 0 Å². The maximum absolute atomic E-state index is 4.36. The average Bonchev–Trinajstić information content (AvgIpc) is 2.25. The van der Waals surface area contributed by atoms with Crippen molar-refractivity contribution in [2.75, 3.05) is 0 Å². The summed E-state index contributed by atoms with van der Waals surface area (Å²) in [4.78, 5) is 4.36. The fraction of sp³-hybridized carbons (Fsp3) is 0.267. The van der Waals surface area contributed by atoms with Gasteiger partial charge in [-0.3, -0.25) is 4.98 Å². The van der Waals surface area contributed by atoms with Gasteiger partial charge in [0.2, 0.25) is 0 Å². The summed E-state index contributed by atoms with van der Waals surface area (Å²) in [6, 6.07) is 4.16. The minimum Gasteiger partial charge on any atom is -0.256 e. The van der Waals surface area contributed by atoms with E-state index < -0.39 is 0 Å². The zero-order valence-corrected chi connectivity index (χ0v) is 10.3. The van der Waals surface area contributed by atoms with Gasteiger partial charge in [0.15, 0.2) is 0 Å². The van der Waals surface area contributed by atoms with E-state index in [2.05, 4.69) is 51.0 Å². The van der Waals surface area contributed by atoms with Crippen LogP contribution in [0.15, 0.2) is 49.7 Å². The Kier molecular flexibility index (Phi) is 3.83. The Morgan fingerprint density at radius 1 is 1.31 bits per heavy atom. The van der Waals surface area contributed by atoms with Crippen molar-refractivity contribution in [2.24, 2.45) is 0 Å². The van der Waals surface area contributed by atoms with Gasteiger partial charge < -0.3 is 0 Å². The molecule has 0 atom stereocenters. The van der Waals surface area contributed by atoms with Crippen LogP contribution >= 0.6 is 0 Å². The number of rotatable bonds is 3. The van der Waals surface area contributed by atoms with Crippen molar-refractivity contribution in [2.45, 2.75) is 26.2 Å². The third kappa shape index (κ3) is 2.93.